The van der Waals surface area contributed by atoms with Gasteiger partial charge in [0.2, 0.25) is 0 Å². The number of rotatable bonds is 3. The summed E-state index contributed by atoms with van der Waals surface area (Å²) in [5, 5.41) is 20.1. The maximum absolute atomic E-state index is 11.5. The van der Waals surface area contributed by atoms with Gasteiger partial charge in [-0.15, -0.1) is 21.5 Å². The number of aryl methyl sites for hydroxylation is 2. The van der Waals surface area contributed by atoms with Gasteiger partial charge >= 0.3 is 5.97 Å². The number of pyridine rings is 1. The van der Waals surface area contributed by atoms with E-state index in [1.54, 1.807) is 30.8 Å². The van der Waals surface area contributed by atoms with Crippen LogP contribution in [0.4, 0.5) is 0 Å². The lowest BCUT2D eigenvalue weighted by atomic mass is 10.2. The van der Waals surface area contributed by atoms with Gasteiger partial charge in [0.05, 0.1) is 5.56 Å². The van der Waals surface area contributed by atoms with Crippen molar-refractivity contribution in [3.8, 4) is 16.4 Å². The molecule has 7 heteroatoms. The third-order valence-electron chi connectivity index (χ3n) is 3.14. The molecule has 3 aromatic heterocycles. The SMILES string of the molecule is Cc1csc(-n2c(C)nnc2-c2ccncc2)c1C(=O)O. The molecule has 0 saturated carbocycles. The molecule has 3 heterocycles. The zero-order chi connectivity index (χ0) is 15.0. The van der Waals surface area contributed by atoms with E-state index in [1.807, 2.05) is 17.5 Å². The van der Waals surface area contributed by atoms with Crippen LogP contribution in [0.25, 0.3) is 16.4 Å². The number of aromatic carboxylic acids is 1. The molecule has 6 nitrogen and oxygen atoms in total. The Bertz CT molecular complexity index is 808. The Morgan fingerprint density at radius 2 is 1.95 bits per heavy atom. The van der Waals surface area contributed by atoms with Crippen LogP contribution in [0.1, 0.15) is 21.7 Å². The second-order valence-electron chi connectivity index (χ2n) is 4.55. The fraction of sp³-hybridized carbons (Fsp3) is 0.143. The first-order valence-electron chi connectivity index (χ1n) is 6.23. The summed E-state index contributed by atoms with van der Waals surface area (Å²) in [7, 11) is 0. The maximum atomic E-state index is 11.5. The average molecular weight is 300 g/mol. The van der Waals surface area contributed by atoms with E-state index in [-0.39, 0.29) is 0 Å². The molecule has 0 aliphatic carbocycles. The largest absolute Gasteiger partial charge is 0.478 e. The van der Waals surface area contributed by atoms with E-state index in [0.717, 1.165) is 11.1 Å². The summed E-state index contributed by atoms with van der Waals surface area (Å²) in [4.78, 5) is 15.5. The second kappa shape index (κ2) is 5.10. The molecule has 0 saturated heterocycles. The van der Waals surface area contributed by atoms with Crippen molar-refractivity contribution in [2.24, 2.45) is 0 Å². The van der Waals surface area contributed by atoms with Gasteiger partial charge < -0.3 is 5.11 Å². The molecule has 0 fully saturated rings. The van der Waals surface area contributed by atoms with E-state index >= 15 is 0 Å². The van der Waals surface area contributed by atoms with Gasteiger partial charge in [0.1, 0.15) is 10.8 Å². The highest BCUT2D eigenvalue weighted by Gasteiger charge is 2.22. The van der Waals surface area contributed by atoms with Crippen LogP contribution >= 0.6 is 11.3 Å². The molecule has 0 spiro atoms. The highest BCUT2D eigenvalue weighted by Crippen LogP contribution is 2.31. The number of carboxylic acids is 1. The van der Waals surface area contributed by atoms with Crippen molar-refractivity contribution >= 4 is 17.3 Å². The summed E-state index contributed by atoms with van der Waals surface area (Å²) < 4.78 is 1.77. The van der Waals surface area contributed by atoms with Crippen LogP contribution < -0.4 is 0 Å². The molecular weight excluding hydrogens is 288 g/mol. The van der Waals surface area contributed by atoms with Gasteiger partial charge in [-0.2, -0.15) is 0 Å². The van der Waals surface area contributed by atoms with Gasteiger partial charge in [-0.3, -0.25) is 9.55 Å². The predicted molar refractivity (Wildman–Crippen MR) is 78.9 cm³/mol. The zero-order valence-corrected chi connectivity index (χ0v) is 12.3. The van der Waals surface area contributed by atoms with Crippen molar-refractivity contribution in [2.75, 3.05) is 0 Å². The summed E-state index contributed by atoms with van der Waals surface area (Å²) in [6, 6.07) is 3.64. The molecule has 0 aromatic carbocycles. The van der Waals surface area contributed by atoms with Gasteiger partial charge in [-0.25, -0.2) is 4.79 Å². The molecule has 106 valence electrons. The molecule has 0 aliphatic heterocycles. The molecule has 0 atom stereocenters. The van der Waals surface area contributed by atoms with Crippen LogP contribution in [0.15, 0.2) is 29.9 Å². The van der Waals surface area contributed by atoms with Gasteiger partial charge in [0.15, 0.2) is 5.82 Å². The zero-order valence-electron chi connectivity index (χ0n) is 11.4. The van der Waals surface area contributed by atoms with E-state index in [1.165, 1.54) is 11.3 Å². The maximum Gasteiger partial charge on any atom is 0.339 e. The molecule has 21 heavy (non-hydrogen) atoms. The Morgan fingerprint density at radius 1 is 1.24 bits per heavy atom. The molecule has 0 bridgehead atoms. The van der Waals surface area contributed by atoms with Crippen molar-refractivity contribution in [3.05, 3.63) is 46.9 Å². The minimum Gasteiger partial charge on any atom is -0.478 e. The topological polar surface area (TPSA) is 80.9 Å². The summed E-state index contributed by atoms with van der Waals surface area (Å²) in [6.07, 6.45) is 3.34. The lowest BCUT2D eigenvalue weighted by molar-refractivity contribution is 0.0697. The normalized spacial score (nSPS) is 10.8. The van der Waals surface area contributed by atoms with Crippen LogP contribution in [0.5, 0.6) is 0 Å². The fourth-order valence-electron chi connectivity index (χ4n) is 2.15. The minimum absolute atomic E-state index is 0.290. The lowest BCUT2D eigenvalue weighted by Crippen LogP contribution is -2.06. The Morgan fingerprint density at radius 3 is 2.62 bits per heavy atom. The second-order valence-corrected chi connectivity index (χ2v) is 5.40. The number of thiophene rings is 1. The van der Waals surface area contributed by atoms with Crippen molar-refractivity contribution in [3.63, 3.8) is 0 Å². The van der Waals surface area contributed by atoms with Gasteiger partial charge in [-0.05, 0) is 36.9 Å². The summed E-state index contributed by atoms with van der Waals surface area (Å²) in [5.41, 5.74) is 1.86. The van der Waals surface area contributed by atoms with E-state index in [9.17, 15) is 9.90 Å². The molecule has 0 unspecified atom stereocenters. The molecule has 0 radical (unpaired) electrons. The van der Waals surface area contributed by atoms with Crippen LogP contribution in [-0.4, -0.2) is 30.8 Å². The highest BCUT2D eigenvalue weighted by atomic mass is 32.1. The minimum atomic E-state index is -0.947. The standard InChI is InChI=1S/C14H12N4O2S/c1-8-7-21-13(11(8)14(19)20)18-9(2)16-17-12(18)10-3-5-15-6-4-10/h3-7H,1-2H3,(H,19,20). The lowest BCUT2D eigenvalue weighted by Gasteiger charge is -2.08. The Balaban J connectivity index is 2.25. The van der Waals surface area contributed by atoms with E-state index in [4.69, 9.17) is 0 Å². The van der Waals surface area contributed by atoms with Crippen LogP contribution in [0.2, 0.25) is 0 Å². The van der Waals surface area contributed by atoms with Crippen LogP contribution in [-0.2, 0) is 0 Å². The molecular formula is C14H12N4O2S. The van der Waals surface area contributed by atoms with Crippen molar-refractivity contribution in [1.29, 1.82) is 0 Å². The summed E-state index contributed by atoms with van der Waals surface area (Å²) in [6.45, 7) is 3.59. The Hall–Kier alpha value is -2.54. The molecule has 1 N–H and O–H groups in total. The number of carbonyl (C=O) groups is 1. The predicted octanol–water partition coefficient (Wildman–Crippen LogP) is 2.71. The van der Waals surface area contributed by atoms with Crippen molar-refractivity contribution in [2.45, 2.75) is 13.8 Å². The van der Waals surface area contributed by atoms with E-state index < -0.39 is 5.97 Å². The van der Waals surface area contributed by atoms with Crippen LogP contribution in [0.3, 0.4) is 0 Å². The number of hydrogen-bond donors (Lipinski definition) is 1. The Kier molecular flexibility index (Phi) is 3.26. The molecule has 0 aliphatic rings. The number of hydrogen-bond acceptors (Lipinski definition) is 5. The average Bonchev–Trinajstić information content (AvgIpc) is 3.02. The summed E-state index contributed by atoms with van der Waals surface area (Å²) in [5.74, 6) is 0.308. The first kappa shape index (κ1) is 13.4. The third-order valence-corrected chi connectivity index (χ3v) is 4.22. The quantitative estimate of drug-likeness (QED) is 0.804. The van der Waals surface area contributed by atoms with Gasteiger partial charge in [0, 0.05) is 18.0 Å². The first-order chi connectivity index (χ1) is 10.1. The number of aromatic nitrogens is 4. The third kappa shape index (κ3) is 2.21. The van der Waals surface area contributed by atoms with E-state index in [0.29, 0.717) is 22.2 Å². The monoisotopic (exact) mass is 300 g/mol. The summed E-state index contributed by atoms with van der Waals surface area (Å²) >= 11 is 1.37. The number of carboxylic acid groups (broad SMARTS) is 1. The Labute approximate surface area is 124 Å². The van der Waals surface area contributed by atoms with Crippen molar-refractivity contribution < 1.29 is 9.90 Å². The first-order valence-corrected chi connectivity index (χ1v) is 7.11. The molecule has 3 aromatic rings. The number of nitrogens with zero attached hydrogens (tertiary/aromatic N) is 4. The molecule has 3 rings (SSSR count). The van der Waals surface area contributed by atoms with Gasteiger partial charge in [-0.1, -0.05) is 0 Å². The molecule has 0 amide bonds. The highest BCUT2D eigenvalue weighted by molar-refractivity contribution is 7.13. The van der Waals surface area contributed by atoms with Crippen molar-refractivity contribution in [1.82, 2.24) is 19.7 Å². The van der Waals surface area contributed by atoms with Gasteiger partial charge in [0.25, 0.3) is 0 Å². The van der Waals surface area contributed by atoms with Crippen LogP contribution in [0, 0.1) is 13.8 Å². The fourth-order valence-corrected chi connectivity index (χ4v) is 3.25. The smallest absolute Gasteiger partial charge is 0.339 e. The van der Waals surface area contributed by atoms with E-state index in [2.05, 4.69) is 15.2 Å².